The van der Waals surface area contributed by atoms with Crippen LogP contribution in [0.25, 0.3) is 64.7 Å². The number of rotatable bonds is 3. The Bertz CT molecular complexity index is 2070. The second-order valence-electron chi connectivity index (χ2n) is 11.3. The first-order valence-electron chi connectivity index (χ1n) is 13.5. The van der Waals surface area contributed by atoms with Crippen LogP contribution < -0.4 is 0 Å². The Labute approximate surface area is 237 Å². The van der Waals surface area contributed by atoms with Gasteiger partial charge in [-0.15, -0.1) is 11.3 Å². The Hall–Kier alpha value is -4.54. The largest absolute Gasteiger partial charge is 0.507 e. The predicted octanol–water partition coefficient (Wildman–Crippen LogP) is 10.0. The second kappa shape index (κ2) is 9.29. The Morgan fingerprint density at radius 1 is 0.675 bits per heavy atom. The molecule has 5 aromatic carbocycles. The predicted molar refractivity (Wildman–Crippen MR) is 169 cm³/mol. The fourth-order valence-corrected chi connectivity index (χ4v) is 6.43. The van der Waals surface area contributed by atoms with E-state index >= 15 is 0 Å². The molecule has 4 heteroatoms. The van der Waals surface area contributed by atoms with Crippen LogP contribution in [0.15, 0.2) is 109 Å². The molecule has 2 heterocycles. The lowest BCUT2D eigenvalue weighted by atomic mass is 9.84. The Morgan fingerprint density at radius 3 is 2.20 bits per heavy atom. The molecule has 0 aliphatic carbocycles. The van der Waals surface area contributed by atoms with Crippen LogP contribution in [0.1, 0.15) is 26.3 Å². The van der Waals surface area contributed by atoms with E-state index < -0.39 is 0 Å². The number of aromatic nitrogens is 2. The van der Waals surface area contributed by atoms with E-state index in [9.17, 15) is 5.11 Å². The molecule has 0 spiro atoms. The van der Waals surface area contributed by atoms with E-state index in [1.807, 2.05) is 30.5 Å². The summed E-state index contributed by atoms with van der Waals surface area (Å²) in [7, 11) is 0. The Kier molecular flexibility index (Phi) is 5.69. The van der Waals surface area contributed by atoms with Crippen LogP contribution in [-0.2, 0) is 5.41 Å². The minimum atomic E-state index is -0.0401. The van der Waals surface area contributed by atoms with Crippen LogP contribution in [0.4, 0.5) is 0 Å². The average Bonchev–Trinajstić information content (AvgIpc) is 3.40. The third-order valence-corrected chi connectivity index (χ3v) is 8.61. The first-order chi connectivity index (χ1) is 19.3. The van der Waals surface area contributed by atoms with Gasteiger partial charge in [-0.2, -0.15) is 0 Å². The molecule has 0 atom stereocenters. The summed E-state index contributed by atoms with van der Waals surface area (Å²) in [6, 6.07) is 35.5. The molecular weight excluding hydrogens is 508 g/mol. The molecule has 7 aromatic rings. The van der Waals surface area contributed by atoms with Crippen LogP contribution in [-0.4, -0.2) is 15.1 Å². The minimum Gasteiger partial charge on any atom is -0.507 e. The highest BCUT2D eigenvalue weighted by molar-refractivity contribution is 7.21. The summed E-state index contributed by atoms with van der Waals surface area (Å²) < 4.78 is 1.11. The van der Waals surface area contributed by atoms with Gasteiger partial charge in [-0.3, -0.25) is 4.98 Å². The molecule has 0 fully saturated rings. The quantitative estimate of drug-likeness (QED) is 0.244. The molecule has 0 aliphatic heterocycles. The van der Waals surface area contributed by atoms with Gasteiger partial charge < -0.3 is 5.11 Å². The summed E-state index contributed by atoms with van der Waals surface area (Å²) >= 11 is 1.63. The van der Waals surface area contributed by atoms with Crippen molar-refractivity contribution in [3.05, 3.63) is 115 Å². The molecule has 0 unspecified atom stereocenters. The zero-order chi connectivity index (χ0) is 27.4. The number of aromatic hydroxyl groups is 1. The lowest BCUT2D eigenvalue weighted by molar-refractivity contribution is 0.477. The lowest BCUT2D eigenvalue weighted by Gasteiger charge is -2.21. The minimum absolute atomic E-state index is 0.0401. The molecule has 2 aromatic heterocycles. The number of phenolic OH excluding ortho intramolecular Hbond substituents is 1. The van der Waals surface area contributed by atoms with Crippen molar-refractivity contribution in [1.82, 2.24) is 9.97 Å². The number of thiazole rings is 1. The van der Waals surface area contributed by atoms with Crippen molar-refractivity contribution >= 4 is 43.1 Å². The fraction of sp³-hybridized carbons (Fsp3) is 0.111. The van der Waals surface area contributed by atoms with Crippen molar-refractivity contribution in [1.29, 1.82) is 0 Å². The number of phenols is 1. The van der Waals surface area contributed by atoms with Crippen molar-refractivity contribution in [2.45, 2.75) is 26.2 Å². The highest BCUT2D eigenvalue weighted by Crippen LogP contribution is 2.43. The van der Waals surface area contributed by atoms with E-state index in [0.717, 1.165) is 53.9 Å². The van der Waals surface area contributed by atoms with E-state index in [1.54, 1.807) is 17.4 Å². The van der Waals surface area contributed by atoms with Crippen LogP contribution in [0.3, 0.4) is 0 Å². The maximum absolute atomic E-state index is 10.6. The van der Waals surface area contributed by atoms with Gasteiger partial charge in [0.1, 0.15) is 10.8 Å². The van der Waals surface area contributed by atoms with Crippen molar-refractivity contribution in [3.63, 3.8) is 0 Å². The van der Waals surface area contributed by atoms with Gasteiger partial charge in [-0.25, -0.2) is 4.98 Å². The van der Waals surface area contributed by atoms with Crippen LogP contribution in [0.2, 0.25) is 0 Å². The van der Waals surface area contributed by atoms with Gasteiger partial charge in [0.25, 0.3) is 0 Å². The maximum atomic E-state index is 10.6. The summed E-state index contributed by atoms with van der Waals surface area (Å²) in [6.45, 7) is 6.73. The topological polar surface area (TPSA) is 46.0 Å². The molecule has 7 rings (SSSR count). The molecule has 0 radical (unpaired) electrons. The summed E-state index contributed by atoms with van der Waals surface area (Å²) in [5, 5.41) is 16.0. The first kappa shape index (κ1) is 24.5. The second-order valence-corrected chi connectivity index (χ2v) is 12.3. The van der Waals surface area contributed by atoms with Gasteiger partial charge >= 0.3 is 0 Å². The first-order valence-corrected chi connectivity index (χ1v) is 14.3. The zero-order valence-electron chi connectivity index (χ0n) is 22.6. The van der Waals surface area contributed by atoms with Gasteiger partial charge in [0, 0.05) is 22.7 Å². The van der Waals surface area contributed by atoms with Crippen molar-refractivity contribution in [2.24, 2.45) is 0 Å². The van der Waals surface area contributed by atoms with Gasteiger partial charge in [0.15, 0.2) is 0 Å². The highest BCUT2D eigenvalue weighted by Gasteiger charge is 2.21. The Morgan fingerprint density at radius 2 is 1.40 bits per heavy atom. The van der Waals surface area contributed by atoms with E-state index in [1.165, 1.54) is 16.3 Å². The fourth-order valence-electron chi connectivity index (χ4n) is 5.36. The third-order valence-electron chi connectivity index (χ3n) is 7.58. The number of para-hydroxylation sites is 1. The SMILES string of the molecule is CC(C)(C)c1cc(-c2cc(-c3cc4ccccc4cn3)c3ccccc3c2)c2nc(-c3ccccc3O)sc2c1. The third kappa shape index (κ3) is 4.21. The highest BCUT2D eigenvalue weighted by atomic mass is 32.1. The van der Waals surface area contributed by atoms with Crippen molar-refractivity contribution < 1.29 is 5.11 Å². The van der Waals surface area contributed by atoms with Crippen molar-refractivity contribution in [3.8, 4) is 38.7 Å². The van der Waals surface area contributed by atoms with Gasteiger partial charge in [0.2, 0.25) is 0 Å². The summed E-state index contributed by atoms with van der Waals surface area (Å²) in [5.41, 5.74) is 7.16. The van der Waals surface area contributed by atoms with Crippen LogP contribution in [0.5, 0.6) is 5.75 Å². The molecular formula is C36H28N2OS. The summed E-state index contributed by atoms with van der Waals surface area (Å²) in [5.74, 6) is 0.245. The lowest BCUT2D eigenvalue weighted by Crippen LogP contribution is -2.11. The molecule has 0 aliphatic rings. The van der Waals surface area contributed by atoms with E-state index in [0.29, 0.717) is 0 Å². The number of pyridine rings is 1. The maximum Gasteiger partial charge on any atom is 0.128 e. The molecule has 40 heavy (non-hydrogen) atoms. The molecule has 0 saturated carbocycles. The Balaban J connectivity index is 1.51. The van der Waals surface area contributed by atoms with Crippen molar-refractivity contribution in [2.75, 3.05) is 0 Å². The molecule has 3 nitrogen and oxygen atoms in total. The number of benzene rings is 5. The zero-order valence-corrected chi connectivity index (χ0v) is 23.5. The standard InChI is InChI=1S/C36H28N2OS/c1-36(2,3)26-19-29(34-33(20-26)40-35(38-34)28-14-8-9-15-32(28)39)25-16-23-11-6-7-13-27(23)30(17-25)31-18-22-10-4-5-12-24(22)21-37-31/h4-21,39H,1-3H3. The van der Waals surface area contributed by atoms with E-state index in [4.69, 9.17) is 9.97 Å². The number of nitrogens with zero attached hydrogens (tertiary/aromatic N) is 2. The number of hydrogen-bond acceptors (Lipinski definition) is 4. The number of hydrogen-bond donors (Lipinski definition) is 1. The van der Waals surface area contributed by atoms with Crippen LogP contribution >= 0.6 is 11.3 Å². The molecule has 0 bridgehead atoms. The normalized spacial score (nSPS) is 12.0. The smallest absolute Gasteiger partial charge is 0.128 e. The average molecular weight is 537 g/mol. The molecule has 0 amide bonds. The van der Waals surface area contributed by atoms with E-state index in [2.05, 4.69) is 93.6 Å². The van der Waals surface area contributed by atoms with Gasteiger partial charge in [-0.1, -0.05) is 81.4 Å². The molecule has 194 valence electrons. The summed E-state index contributed by atoms with van der Waals surface area (Å²) in [6.07, 6.45) is 1.96. The van der Waals surface area contributed by atoms with E-state index in [-0.39, 0.29) is 11.2 Å². The number of fused-ring (bicyclic) bond motifs is 3. The monoisotopic (exact) mass is 536 g/mol. The van der Waals surface area contributed by atoms with Crippen LogP contribution in [0, 0.1) is 0 Å². The van der Waals surface area contributed by atoms with Gasteiger partial charge in [-0.05, 0) is 75.2 Å². The summed E-state index contributed by atoms with van der Waals surface area (Å²) in [4.78, 5) is 10.0. The molecule has 1 N–H and O–H groups in total. The van der Waals surface area contributed by atoms with Gasteiger partial charge in [0.05, 0.1) is 21.5 Å². The molecule has 0 saturated heterocycles.